The maximum Gasteiger partial charge on any atom is 0.213 e. The van der Waals surface area contributed by atoms with Crippen molar-refractivity contribution in [2.24, 2.45) is 5.92 Å². The van der Waals surface area contributed by atoms with Crippen molar-refractivity contribution in [2.75, 3.05) is 14.2 Å². The van der Waals surface area contributed by atoms with Gasteiger partial charge >= 0.3 is 0 Å². The highest BCUT2D eigenvalue weighted by Gasteiger charge is 2.26. The number of aromatic amines is 1. The van der Waals surface area contributed by atoms with Crippen LogP contribution >= 0.6 is 23.4 Å². The molecule has 1 atom stereocenters. The fourth-order valence-electron chi connectivity index (χ4n) is 3.30. The van der Waals surface area contributed by atoms with Gasteiger partial charge in [0.05, 0.1) is 14.2 Å². The van der Waals surface area contributed by atoms with Gasteiger partial charge in [-0.3, -0.25) is 5.10 Å². The van der Waals surface area contributed by atoms with Crippen molar-refractivity contribution in [3.8, 4) is 11.6 Å². The summed E-state index contributed by atoms with van der Waals surface area (Å²) in [6, 6.07) is 9.71. The molecule has 2 aromatic heterocycles. The molecule has 7 heteroatoms. The number of hydrogen-bond donors (Lipinski definition) is 1. The van der Waals surface area contributed by atoms with Crippen LogP contribution in [0.15, 0.2) is 46.5 Å². The molecule has 1 aromatic carbocycles. The Bertz CT molecular complexity index is 959. The summed E-state index contributed by atoms with van der Waals surface area (Å²) < 4.78 is 10.7. The van der Waals surface area contributed by atoms with Crippen LogP contribution in [0.4, 0.5) is 0 Å². The molecule has 1 N–H and O–H groups in total. The van der Waals surface area contributed by atoms with Crippen molar-refractivity contribution in [3.05, 3.63) is 58.4 Å². The normalized spacial score (nSPS) is 12.2. The third-order valence-electron chi connectivity index (χ3n) is 4.56. The molecular weight excluding hydrogens is 394 g/mol. The van der Waals surface area contributed by atoms with Gasteiger partial charge in [-0.15, -0.1) is 0 Å². The minimum atomic E-state index is 0.152. The average molecular weight is 418 g/mol. The van der Waals surface area contributed by atoms with Crippen molar-refractivity contribution in [2.45, 2.75) is 36.6 Å². The largest absolute Gasteiger partial charge is 0.497 e. The number of methoxy groups -OCH3 is 2. The van der Waals surface area contributed by atoms with Gasteiger partial charge in [0.15, 0.2) is 0 Å². The fraction of sp³-hybridized carbons (Fsp3) is 0.333. The number of benzene rings is 1. The predicted molar refractivity (Wildman–Crippen MR) is 113 cm³/mol. The van der Waals surface area contributed by atoms with Crippen LogP contribution in [0.25, 0.3) is 0 Å². The van der Waals surface area contributed by atoms with Crippen LogP contribution in [0.2, 0.25) is 5.02 Å². The summed E-state index contributed by atoms with van der Waals surface area (Å²) in [5, 5.41) is 9.29. The van der Waals surface area contributed by atoms with Gasteiger partial charge in [-0.2, -0.15) is 5.10 Å². The lowest BCUT2D eigenvalue weighted by Crippen LogP contribution is -2.10. The molecule has 2 heterocycles. The molecule has 0 fully saturated rings. The minimum absolute atomic E-state index is 0.152. The molecule has 0 aliphatic heterocycles. The van der Waals surface area contributed by atoms with Crippen molar-refractivity contribution in [1.29, 1.82) is 0 Å². The van der Waals surface area contributed by atoms with E-state index in [1.807, 2.05) is 24.3 Å². The molecule has 3 aromatic rings. The number of nitrogens with zero attached hydrogens (tertiary/aromatic N) is 2. The van der Waals surface area contributed by atoms with Gasteiger partial charge in [0.2, 0.25) is 5.88 Å². The fourth-order valence-corrected chi connectivity index (χ4v) is 4.66. The van der Waals surface area contributed by atoms with Crippen LogP contribution in [-0.4, -0.2) is 29.4 Å². The molecule has 3 rings (SSSR count). The summed E-state index contributed by atoms with van der Waals surface area (Å²) in [5.74, 6) is 1.84. The Labute approximate surface area is 174 Å². The zero-order valence-electron chi connectivity index (χ0n) is 16.6. The molecule has 0 radical (unpaired) electrons. The summed E-state index contributed by atoms with van der Waals surface area (Å²) in [4.78, 5) is 5.22. The smallest absolute Gasteiger partial charge is 0.213 e. The summed E-state index contributed by atoms with van der Waals surface area (Å²) in [6.45, 7) is 6.47. The summed E-state index contributed by atoms with van der Waals surface area (Å²) in [5.41, 5.74) is 3.37. The van der Waals surface area contributed by atoms with Crippen LogP contribution in [0.1, 0.15) is 36.6 Å². The molecule has 0 aliphatic carbocycles. The number of pyridine rings is 1. The van der Waals surface area contributed by atoms with Gasteiger partial charge in [-0.1, -0.05) is 37.2 Å². The third kappa shape index (κ3) is 4.45. The maximum absolute atomic E-state index is 6.24. The molecular formula is C21H24ClN3O2S. The monoisotopic (exact) mass is 417 g/mol. The lowest BCUT2D eigenvalue weighted by Gasteiger charge is -2.23. The first-order valence-corrected chi connectivity index (χ1v) is 10.2. The zero-order valence-corrected chi connectivity index (χ0v) is 18.2. The first-order valence-electron chi connectivity index (χ1n) is 9.00. The quantitative estimate of drug-likeness (QED) is 0.532. The molecule has 0 bridgehead atoms. The highest BCUT2D eigenvalue weighted by Crippen LogP contribution is 2.42. The minimum Gasteiger partial charge on any atom is -0.497 e. The Kier molecular flexibility index (Phi) is 6.52. The van der Waals surface area contributed by atoms with Crippen molar-refractivity contribution < 1.29 is 9.47 Å². The molecule has 148 valence electrons. The average Bonchev–Trinajstić information content (AvgIpc) is 3.01. The van der Waals surface area contributed by atoms with E-state index < -0.39 is 0 Å². The Balaban J connectivity index is 2.04. The van der Waals surface area contributed by atoms with E-state index in [2.05, 4.69) is 36.0 Å². The van der Waals surface area contributed by atoms with Gasteiger partial charge in [-0.25, -0.2) is 4.98 Å². The van der Waals surface area contributed by atoms with E-state index in [4.69, 9.17) is 21.1 Å². The Hall–Kier alpha value is -2.18. The third-order valence-corrected chi connectivity index (χ3v) is 5.75. The molecule has 0 amide bonds. The highest BCUT2D eigenvalue weighted by atomic mass is 35.5. The molecule has 1 unspecified atom stereocenters. The Morgan fingerprint density at radius 3 is 2.57 bits per heavy atom. The van der Waals surface area contributed by atoms with Crippen molar-refractivity contribution >= 4 is 23.4 Å². The standard InChI is InChI=1S/C21H24ClN3O2S/c1-12(2)19(14-6-7-23-18(8-14)27-5)20-13(3)24-25-21(20)28-17-10-15(22)9-16(11-17)26-4/h6-12,19H,1-5H3,(H,24,25). The predicted octanol–water partition coefficient (Wildman–Crippen LogP) is 5.72. The first kappa shape index (κ1) is 20.6. The summed E-state index contributed by atoms with van der Waals surface area (Å²) in [7, 11) is 3.27. The van der Waals surface area contributed by atoms with Crippen LogP contribution < -0.4 is 9.47 Å². The van der Waals surface area contributed by atoms with Crippen LogP contribution in [0.5, 0.6) is 11.6 Å². The maximum atomic E-state index is 6.24. The van der Waals surface area contributed by atoms with E-state index in [0.717, 1.165) is 26.9 Å². The second kappa shape index (κ2) is 8.88. The Morgan fingerprint density at radius 1 is 1.11 bits per heavy atom. The van der Waals surface area contributed by atoms with Gasteiger partial charge in [0.25, 0.3) is 0 Å². The number of aryl methyl sites for hydroxylation is 1. The molecule has 5 nitrogen and oxygen atoms in total. The first-order chi connectivity index (χ1) is 13.4. The number of rotatable bonds is 7. The number of aromatic nitrogens is 3. The summed E-state index contributed by atoms with van der Waals surface area (Å²) in [6.07, 6.45) is 1.79. The zero-order chi connectivity index (χ0) is 20.3. The van der Waals surface area contributed by atoms with E-state index in [-0.39, 0.29) is 5.92 Å². The molecule has 0 spiro atoms. The van der Waals surface area contributed by atoms with E-state index in [9.17, 15) is 0 Å². The van der Waals surface area contributed by atoms with E-state index in [1.165, 1.54) is 5.56 Å². The topological polar surface area (TPSA) is 60.0 Å². The van der Waals surface area contributed by atoms with Crippen molar-refractivity contribution in [3.63, 3.8) is 0 Å². The van der Waals surface area contributed by atoms with E-state index in [0.29, 0.717) is 16.8 Å². The van der Waals surface area contributed by atoms with E-state index in [1.54, 1.807) is 38.2 Å². The van der Waals surface area contributed by atoms with Gasteiger partial charge in [-0.05, 0) is 42.7 Å². The van der Waals surface area contributed by atoms with Crippen LogP contribution in [-0.2, 0) is 0 Å². The van der Waals surface area contributed by atoms with E-state index >= 15 is 0 Å². The van der Waals surface area contributed by atoms with Gasteiger partial charge in [0.1, 0.15) is 10.8 Å². The second-order valence-electron chi connectivity index (χ2n) is 6.85. The number of ether oxygens (including phenoxy) is 2. The van der Waals surface area contributed by atoms with Gasteiger partial charge in [0, 0.05) is 39.4 Å². The molecule has 0 saturated heterocycles. The molecule has 28 heavy (non-hydrogen) atoms. The number of H-pyrrole nitrogens is 1. The Morgan fingerprint density at radius 2 is 1.89 bits per heavy atom. The van der Waals surface area contributed by atoms with Crippen LogP contribution in [0, 0.1) is 12.8 Å². The highest BCUT2D eigenvalue weighted by molar-refractivity contribution is 7.99. The lowest BCUT2D eigenvalue weighted by atomic mass is 9.83. The summed E-state index contributed by atoms with van der Waals surface area (Å²) >= 11 is 7.82. The number of hydrogen-bond acceptors (Lipinski definition) is 5. The molecule has 0 saturated carbocycles. The number of halogens is 1. The van der Waals surface area contributed by atoms with Gasteiger partial charge < -0.3 is 9.47 Å². The number of nitrogens with one attached hydrogen (secondary N) is 1. The SMILES string of the molecule is COc1cc(Cl)cc(Sc2n[nH]c(C)c2C(c2ccnc(OC)c2)C(C)C)c1. The molecule has 0 aliphatic rings. The van der Waals surface area contributed by atoms with Crippen LogP contribution in [0.3, 0.4) is 0 Å². The lowest BCUT2D eigenvalue weighted by molar-refractivity contribution is 0.396. The second-order valence-corrected chi connectivity index (χ2v) is 8.35. The van der Waals surface area contributed by atoms with Crippen molar-refractivity contribution in [1.82, 2.24) is 15.2 Å².